The number of hydrogen-bond acceptors (Lipinski definition) is 6. The summed E-state index contributed by atoms with van der Waals surface area (Å²) < 4.78 is 51.6. The van der Waals surface area contributed by atoms with Crippen molar-refractivity contribution < 1.29 is 37.0 Å². The number of oxime groups is 1. The van der Waals surface area contributed by atoms with Gasteiger partial charge in [0, 0.05) is 26.4 Å². The number of alkyl halides is 3. The Kier molecular flexibility index (Phi) is 5.56. The standard InChI is InChI=1S/C16H18F3NO5/c1-15(23-3)8-12(10-4-6-11(22-2)7-5-10)13(20-25-15)9-24-14(21)16(17,18)19/h4-7,12H,8-9H2,1-3H3/t12-,15-/m0/s1. The Morgan fingerprint density at radius 2 is 1.96 bits per heavy atom. The smallest absolute Gasteiger partial charge is 0.490 e. The molecule has 0 bridgehead atoms. The number of rotatable bonds is 5. The highest BCUT2D eigenvalue weighted by atomic mass is 19.4. The van der Waals surface area contributed by atoms with Crippen LogP contribution in [0.4, 0.5) is 13.2 Å². The maximum atomic E-state index is 12.3. The summed E-state index contributed by atoms with van der Waals surface area (Å²) in [5.41, 5.74) is 0.923. The first-order valence-electron chi connectivity index (χ1n) is 7.36. The SMILES string of the molecule is COc1ccc([C@@H]2C[C@@](C)(OC)ON=C2COC(=O)C(F)(F)F)cc1. The summed E-state index contributed by atoms with van der Waals surface area (Å²) in [5.74, 6) is -3.12. The van der Waals surface area contributed by atoms with Crippen molar-refractivity contribution in [3.63, 3.8) is 0 Å². The van der Waals surface area contributed by atoms with Gasteiger partial charge in [-0.1, -0.05) is 17.3 Å². The second-order valence-corrected chi connectivity index (χ2v) is 5.62. The molecular formula is C16H18F3NO5. The van der Waals surface area contributed by atoms with Crippen molar-refractivity contribution in [2.75, 3.05) is 20.8 Å². The highest BCUT2D eigenvalue weighted by Gasteiger charge is 2.43. The van der Waals surface area contributed by atoms with Crippen molar-refractivity contribution in [2.24, 2.45) is 5.16 Å². The molecule has 1 heterocycles. The fourth-order valence-electron chi connectivity index (χ4n) is 2.36. The van der Waals surface area contributed by atoms with Crippen molar-refractivity contribution in [3.05, 3.63) is 29.8 Å². The molecule has 2 atom stereocenters. The summed E-state index contributed by atoms with van der Waals surface area (Å²) in [5, 5.41) is 3.82. The Morgan fingerprint density at radius 1 is 1.32 bits per heavy atom. The Hall–Kier alpha value is -2.29. The molecule has 0 saturated carbocycles. The molecule has 25 heavy (non-hydrogen) atoms. The molecule has 0 aliphatic carbocycles. The van der Waals surface area contributed by atoms with Crippen molar-refractivity contribution in [1.29, 1.82) is 0 Å². The third-order valence-electron chi connectivity index (χ3n) is 3.87. The first-order chi connectivity index (χ1) is 11.7. The molecule has 2 rings (SSSR count). The minimum Gasteiger partial charge on any atom is -0.497 e. The second kappa shape index (κ2) is 7.30. The van der Waals surface area contributed by atoms with Gasteiger partial charge in [-0.15, -0.1) is 0 Å². The second-order valence-electron chi connectivity index (χ2n) is 5.62. The third-order valence-corrected chi connectivity index (χ3v) is 3.87. The van der Waals surface area contributed by atoms with Crippen LogP contribution in [0.5, 0.6) is 5.75 Å². The lowest BCUT2D eigenvalue weighted by Gasteiger charge is -2.34. The molecule has 1 aromatic carbocycles. The number of carbonyl (C=O) groups excluding carboxylic acids is 1. The quantitative estimate of drug-likeness (QED) is 0.755. The number of methoxy groups -OCH3 is 2. The van der Waals surface area contributed by atoms with Crippen LogP contribution in [-0.4, -0.2) is 44.5 Å². The van der Waals surface area contributed by atoms with Crippen molar-refractivity contribution in [1.82, 2.24) is 0 Å². The van der Waals surface area contributed by atoms with Gasteiger partial charge in [0.05, 0.1) is 7.11 Å². The Bertz CT molecular complexity index is 644. The van der Waals surface area contributed by atoms with Crippen molar-refractivity contribution in [2.45, 2.75) is 31.2 Å². The lowest BCUT2D eigenvalue weighted by molar-refractivity contribution is -0.222. The van der Waals surface area contributed by atoms with Crippen LogP contribution in [0, 0.1) is 0 Å². The number of nitrogens with zero attached hydrogens (tertiary/aromatic N) is 1. The number of carbonyl (C=O) groups is 1. The molecule has 0 N–H and O–H groups in total. The number of esters is 1. The van der Waals surface area contributed by atoms with Gasteiger partial charge < -0.3 is 19.0 Å². The van der Waals surface area contributed by atoms with Gasteiger partial charge in [0.1, 0.15) is 18.1 Å². The predicted octanol–water partition coefficient (Wildman–Crippen LogP) is 3.02. The third kappa shape index (κ3) is 4.62. The zero-order valence-corrected chi connectivity index (χ0v) is 13.9. The average molecular weight is 361 g/mol. The molecule has 1 aliphatic heterocycles. The monoisotopic (exact) mass is 361 g/mol. The minimum absolute atomic E-state index is 0.164. The van der Waals surface area contributed by atoms with E-state index >= 15 is 0 Å². The molecule has 0 fully saturated rings. The molecule has 0 spiro atoms. The number of halogens is 3. The van der Waals surface area contributed by atoms with E-state index in [1.54, 1.807) is 31.2 Å². The van der Waals surface area contributed by atoms with Crippen LogP contribution < -0.4 is 4.74 Å². The van der Waals surface area contributed by atoms with Crippen LogP contribution in [0.2, 0.25) is 0 Å². The van der Waals surface area contributed by atoms with Gasteiger partial charge in [0.2, 0.25) is 5.79 Å². The van der Waals surface area contributed by atoms with Gasteiger partial charge in [-0.3, -0.25) is 0 Å². The van der Waals surface area contributed by atoms with E-state index in [9.17, 15) is 18.0 Å². The highest BCUT2D eigenvalue weighted by molar-refractivity contribution is 5.93. The molecule has 138 valence electrons. The number of hydrogen-bond donors (Lipinski definition) is 0. The maximum absolute atomic E-state index is 12.3. The molecule has 0 saturated heterocycles. The van der Waals surface area contributed by atoms with Gasteiger partial charge in [0.25, 0.3) is 0 Å². The topological polar surface area (TPSA) is 66.3 Å². The minimum atomic E-state index is -5.06. The van der Waals surface area contributed by atoms with Crippen LogP contribution in [-0.2, 0) is 19.1 Å². The van der Waals surface area contributed by atoms with Gasteiger partial charge in [-0.2, -0.15) is 13.2 Å². The molecule has 1 aromatic rings. The zero-order chi connectivity index (χ0) is 18.7. The zero-order valence-electron chi connectivity index (χ0n) is 13.9. The first-order valence-corrected chi connectivity index (χ1v) is 7.36. The molecule has 9 heteroatoms. The molecule has 0 aromatic heterocycles. The van der Waals surface area contributed by atoms with Crippen LogP contribution in [0.25, 0.3) is 0 Å². The van der Waals surface area contributed by atoms with E-state index in [4.69, 9.17) is 14.3 Å². The van der Waals surface area contributed by atoms with E-state index in [1.165, 1.54) is 14.2 Å². The molecular weight excluding hydrogens is 343 g/mol. The van der Waals surface area contributed by atoms with Gasteiger partial charge >= 0.3 is 12.1 Å². The molecule has 6 nitrogen and oxygen atoms in total. The summed E-state index contributed by atoms with van der Waals surface area (Å²) >= 11 is 0. The summed E-state index contributed by atoms with van der Waals surface area (Å²) in [7, 11) is 2.96. The average Bonchev–Trinajstić information content (AvgIpc) is 2.59. The Balaban J connectivity index is 2.22. The summed E-state index contributed by atoms with van der Waals surface area (Å²) in [6.45, 7) is 1.03. The van der Waals surface area contributed by atoms with Gasteiger partial charge in [-0.05, 0) is 17.7 Å². The summed E-state index contributed by atoms with van der Waals surface area (Å²) in [6.07, 6.45) is -4.77. The number of benzene rings is 1. The first kappa shape index (κ1) is 19.0. The van der Waals surface area contributed by atoms with E-state index in [-0.39, 0.29) is 12.1 Å². The predicted molar refractivity (Wildman–Crippen MR) is 81.3 cm³/mol. The van der Waals surface area contributed by atoms with Crippen molar-refractivity contribution in [3.8, 4) is 5.75 Å². The van der Waals surface area contributed by atoms with E-state index in [0.29, 0.717) is 5.75 Å². The summed E-state index contributed by atoms with van der Waals surface area (Å²) in [4.78, 5) is 16.1. The molecule has 0 unspecified atom stereocenters. The van der Waals surface area contributed by atoms with Crippen LogP contribution >= 0.6 is 0 Å². The van der Waals surface area contributed by atoms with E-state index in [1.807, 2.05) is 0 Å². The molecule has 1 aliphatic rings. The van der Waals surface area contributed by atoms with Crippen LogP contribution in [0.3, 0.4) is 0 Å². The lowest BCUT2D eigenvalue weighted by atomic mass is 9.87. The Morgan fingerprint density at radius 3 is 2.48 bits per heavy atom. The van der Waals surface area contributed by atoms with Gasteiger partial charge in [-0.25, -0.2) is 4.79 Å². The van der Waals surface area contributed by atoms with E-state index in [2.05, 4.69) is 9.89 Å². The van der Waals surface area contributed by atoms with Crippen molar-refractivity contribution >= 4 is 11.7 Å². The normalized spacial score (nSPS) is 23.4. The van der Waals surface area contributed by atoms with Crippen LogP contribution in [0.1, 0.15) is 24.8 Å². The van der Waals surface area contributed by atoms with E-state index in [0.717, 1.165) is 5.56 Å². The Labute approximate surface area is 142 Å². The van der Waals surface area contributed by atoms with Gasteiger partial charge in [0.15, 0.2) is 0 Å². The fourth-order valence-corrected chi connectivity index (χ4v) is 2.36. The number of ether oxygens (including phenoxy) is 3. The largest absolute Gasteiger partial charge is 0.497 e. The van der Waals surface area contributed by atoms with E-state index < -0.39 is 30.5 Å². The fraction of sp³-hybridized carbons (Fsp3) is 0.500. The lowest BCUT2D eigenvalue weighted by Crippen LogP contribution is -2.40. The highest BCUT2D eigenvalue weighted by Crippen LogP contribution is 2.35. The molecule has 0 radical (unpaired) electrons. The summed E-state index contributed by atoms with van der Waals surface area (Å²) in [6, 6.07) is 6.95. The van der Waals surface area contributed by atoms with Crippen LogP contribution in [0.15, 0.2) is 29.4 Å². The molecule has 0 amide bonds. The maximum Gasteiger partial charge on any atom is 0.490 e.